The van der Waals surface area contributed by atoms with E-state index in [9.17, 15) is 13.2 Å². The van der Waals surface area contributed by atoms with Crippen LogP contribution in [0.25, 0.3) is 0 Å². The maximum Gasteiger partial charge on any atom is 0.490 e. The summed E-state index contributed by atoms with van der Waals surface area (Å²) in [5, 5.41) is 17.0. The molecule has 1 aromatic carbocycles. The summed E-state index contributed by atoms with van der Waals surface area (Å²) in [5.41, 5.74) is -1.62. The molecular formula is C8H7BClF3O3. The van der Waals surface area contributed by atoms with Crippen LogP contribution in [0.15, 0.2) is 12.1 Å². The maximum absolute atomic E-state index is 12.5. The molecule has 88 valence electrons. The van der Waals surface area contributed by atoms with Gasteiger partial charge in [-0.1, -0.05) is 11.6 Å². The molecule has 0 fully saturated rings. The quantitative estimate of drug-likeness (QED) is 0.776. The average molecular weight is 254 g/mol. The third kappa shape index (κ3) is 2.60. The van der Waals surface area contributed by atoms with E-state index in [1.165, 1.54) is 0 Å². The molecule has 0 aliphatic rings. The lowest BCUT2D eigenvalue weighted by molar-refractivity contribution is -0.137. The van der Waals surface area contributed by atoms with E-state index in [1.54, 1.807) is 0 Å². The molecule has 3 nitrogen and oxygen atoms in total. The Labute approximate surface area is 94.6 Å². The first kappa shape index (κ1) is 13.2. The first-order valence-electron chi connectivity index (χ1n) is 4.08. The Morgan fingerprint density at radius 2 is 1.88 bits per heavy atom. The van der Waals surface area contributed by atoms with Gasteiger partial charge in [-0.15, -0.1) is 0 Å². The van der Waals surface area contributed by atoms with E-state index in [0.29, 0.717) is 6.07 Å². The van der Waals surface area contributed by atoms with Crippen molar-refractivity contribution >= 4 is 24.2 Å². The second-order valence-electron chi connectivity index (χ2n) is 2.95. The molecule has 0 spiro atoms. The smallest absolute Gasteiger partial charge is 0.490 e. The van der Waals surface area contributed by atoms with E-state index in [2.05, 4.69) is 4.74 Å². The fourth-order valence-electron chi connectivity index (χ4n) is 1.13. The summed E-state index contributed by atoms with van der Waals surface area (Å²) in [6.45, 7) is 0. The van der Waals surface area contributed by atoms with Crippen LogP contribution in [0.3, 0.4) is 0 Å². The van der Waals surface area contributed by atoms with Crippen LogP contribution < -0.4 is 10.2 Å². The van der Waals surface area contributed by atoms with Gasteiger partial charge in [0.1, 0.15) is 5.75 Å². The van der Waals surface area contributed by atoms with Crippen LogP contribution in [-0.4, -0.2) is 24.3 Å². The Balaban J connectivity index is 3.44. The second-order valence-corrected chi connectivity index (χ2v) is 3.33. The van der Waals surface area contributed by atoms with Gasteiger partial charge in [0.2, 0.25) is 0 Å². The van der Waals surface area contributed by atoms with Gasteiger partial charge in [0.25, 0.3) is 0 Å². The topological polar surface area (TPSA) is 49.7 Å². The Morgan fingerprint density at radius 1 is 1.31 bits per heavy atom. The van der Waals surface area contributed by atoms with E-state index < -0.39 is 29.3 Å². The maximum atomic E-state index is 12.5. The molecule has 0 unspecified atom stereocenters. The molecule has 0 bridgehead atoms. The van der Waals surface area contributed by atoms with Gasteiger partial charge in [0, 0.05) is 5.46 Å². The van der Waals surface area contributed by atoms with Gasteiger partial charge in [-0.05, 0) is 12.1 Å². The molecule has 0 saturated heterocycles. The average Bonchev–Trinajstić information content (AvgIpc) is 2.15. The molecule has 0 aliphatic heterocycles. The van der Waals surface area contributed by atoms with Crippen molar-refractivity contribution < 1.29 is 28.0 Å². The monoisotopic (exact) mass is 254 g/mol. The standard InChI is InChI=1S/C8H7BClF3O3/c1-16-4-2-5(8(11,12)13)7(10)6(3-4)9(14)15/h2-3,14-15H,1H3. The van der Waals surface area contributed by atoms with Gasteiger partial charge in [0.15, 0.2) is 0 Å². The molecular weight excluding hydrogens is 247 g/mol. The third-order valence-electron chi connectivity index (χ3n) is 1.89. The number of hydrogen-bond donors (Lipinski definition) is 2. The van der Waals surface area contributed by atoms with Crippen molar-refractivity contribution in [3.05, 3.63) is 22.7 Å². The molecule has 2 N–H and O–H groups in total. The number of rotatable bonds is 2. The molecule has 0 radical (unpaired) electrons. The summed E-state index contributed by atoms with van der Waals surface area (Å²) in [6, 6.07) is 1.72. The molecule has 1 rings (SSSR count). The van der Waals surface area contributed by atoms with E-state index in [0.717, 1.165) is 13.2 Å². The van der Waals surface area contributed by atoms with Crippen molar-refractivity contribution in [2.75, 3.05) is 7.11 Å². The fraction of sp³-hybridized carbons (Fsp3) is 0.250. The molecule has 8 heteroatoms. The molecule has 0 atom stereocenters. The Kier molecular flexibility index (Phi) is 3.72. The van der Waals surface area contributed by atoms with E-state index in [4.69, 9.17) is 21.6 Å². The molecule has 0 aliphatic carbocycles. The zero-order valence-electron chi connectivity index (χ0n) is 8.05. The normalized spacial score (nSPS) is 11.4. The SMILES string of the molecule is COc1cc(B(O)O)c(Cl)c(C(F)(F)F)c1. The van der Waals surface area contributed by atoms with Gasteiger partial charge in [-0.3, -0.25) is 0 Å². The fourth-order valence-corrected chi connectivity index (χ4v) is 1.45. The van der Waals surface area contributed by atoms with Gasteiger partial charge in [0.05, 0.1) is 17.7 Å². The molecule has 16 heavy (non-hydrogen) atoms. The lowest BCUT2D eigenvalue weighted by Crippen LogP contribution is -2.32. The Morgan fingerprint density at radius 3 is 2.25 bits per heavy atom. The minimum atomic E-state index is -4.69. The Bertz CT molecular complexity index is 395. The number of halogens is 4. The summed E-state index contributed by atoms with van der Waals surface area (Å²) < 4.78 is 42.1. The van der Waals surface area contributed by atoms with Crippen molar-refractivity contribution in [1.29, 1.82) is 0 Å². The summed E-state index contributed by atoms with van der Waals surface area (Å²) in [5.74, 6) is -0.153. The number of ether oxygens (including phenoxy) is 1. The van der Waals surface area contributed by atoms with Crippen molar-refractivity contribution in [3.8, 4) is 5.75 Å². The zero-order valence-corrected chi connectivity index (χ0v) is 8.80. The van der Waals surface area contributed by atoms with E-state index >= 15 is 0 Å². The molecule has 0 heterocycles. The van der Waals surface area contributed by atoms with Gasteiger partial charge < -0.3 is 14.8 Å². The first-order valence-corrected chi connectivity index (χ1v) is 4.46. The van der Waals surface area contributed by atoms with Crippen molar-refractivity contribution in [1.82, 2.24) is 0 Å². The predicted molar refractivity (Wildman–Crippen MR) is 52.8 cm³/mol. The number of benzene rings is 1. The van der Waals surface area contributed by atoms with E-state index in [1.807, 2.05) is 0 Å². The number of methoxy groups -OCH3 is 1. The zero-order chi connectivity index (χ0) is 12.5. The summed E-state index contributed by atoms with van der Waals surface area (Å²) in [6.07, 6.45) is -4.69. The minimum absolute atomic E-state index is 0.153. The van der Waals surface area contributed by atoms with Crippen molar-refractivity contribution in [2.24, 2.45) is 0 Å². The number of hydrogen-bond acceptors (Lipinski definition) is 3. The van der Waals surface area contributed by atoms with Crippen LogP contribution in [0.4, 0.5) is 13.2 Å². The third-order valence-corrected chi connectivity index (χ3v) is 2.32. The highest BCUT2D eigenvalue weighted by atomic mass is 35.5. The highest BCUT2D eigenvalue weighted by molar-refractivity contribution is 6.63. The van der Waals surface area contributed by atoms with Crippen molar-refractivity contribution in [3.63, 3.8) is 0 Å². The Hall–Kier alpha value is -0.915. The largest absolute Gasteiger partial charge is 0.497 e. The van der Waals surface area contributed by atoms with Crippen molar-refractivity contribution in [2.45, 2.75) is 6.18 Å². The molecule has 0 aromatic heterocycles. The van der Waals surface area contributed by atoms with Gasteiger partial charge >= 0.3 is 13.3 Å². The lowest BCUT2D eigenvalue weighted by Gasteiger charge is -2.14. The van der Waals surface area contributed by atoms with Crippen LogP contribution in [0.2, 0.25) is 5.02 Å². The first-order chi connectivity index (χ1) is 7.27. The molecule has 1 aromatic rings. The molecule has 0 saturated carbocycles. The van der Waals surface area contributed by atoms with Crippen LogP contribution in [-0.2, 0) is 6.18 Å². The summed E-state index contributed by atoms with van der Waals surface area (Å²) >= 11 is 5.42. The van der Waals surface area contributed by atoms with Gasteiger partial charge in [-0.2, -0.15) is 13.2 Å². The van der Waals surface area contributed by atoms with Crippen LogP contribution in [0, 0.1) is 0 Å². The summed E-state index contributed by atoms with van der Waals surface area (Å²) in [7, 11) is -0.930. The van der Waals surface area contributed by atoms with Crippen LogP contribution in [0.5, 0.6) is 5.75 Å². The molecule has 0 amide bonds. The van der Waals surface area contributed by atoms with Crippen LogP contribution >= 0.6 is 11.6 Å². The minimum Gasteiger partial charge on any atom is -0.497 e. The number of alkyl halides is 3. The second kappa shape index (κ2) is 4.53. The van der Waals surface area contributed by atoms with Crippen LogP contribution in [0.1, 0.15) is 5.56 Å². The van der Waals surface area contributed by atoms with E-state index in [-0.39, 0.29) is 5.75 Å². The lowest BCUT2D eigenvalue weighted by atomic mass is 9.79. The highest BCUT2D eigenvalue weighted by Crippen LogP contribution is 2.35. The summed E-state index contributed by atoms with van der Waals surface area (Å²) in [4.78, 5) is 0. The predicted octanol–water partition coefficient (Wildman–Crippen LogP) is 1.05. The van der Waals surface area contributed by atoms with Gasteiger partial charge in [-0.25, -0.2) is 0 Å². The highest BCUT2D eigenvalue weighted by Gasteiger charge is 2.36.